The molecule has 0 aliphatic carbocycles. The Morgan fingerprint density at radius 1 is 1.10 bits per heavy atom. The Kier molecular flexibility index (Phi) is 5.89. The van der Waals surface area contributed by atoms with Crippen LogP contribution in [0.2, 0.25) is 0 Å². The van der Waals surface area contributed by atoms with Crippen LogP contribution in [0.4, 0.5) is 5.69 Å². The summed E-state index contributed by atoms with van der Waals surface area (Å²) in [4.78, 5) is 15.0. The van der Waals surface area contributed by atoms with Crippen molar-refractivity contribution in [1.82, 2.24) is 0 Å². The Morgan fingerprint density at radius 3 is 2.52 bits per heavy atom. The molecule has 1 saturated heterocycles. The molecule has 3 aromatic rings. The van der Waals surface area contributed by atoms with Gasteiger partial charge < -0.3 is 9.15 Å². The molecule has 0 N–H and O–H groups in total. The molecule has 0 atom stereocenters. The van der Waals surface area contributed by atoms with E-state index in [0.717, 1.165) is 21.5 Å². The third-order valence-electron chi connectivity index (χ3n) is 4.23. The number of anilines is 1. The zero-order valence-corrected chi connectivity index (χ0v) is 18.6. The van der Waals surface area contributed by atoms with Crippen LogP contribution < -0.4 is 9.64 Å². The topological polar surface area (TPSA) is 42.7 Å². The second-order valence-corrected chi connectivity index (χ2v) is 8.74. The van der Waals surface area contributed by atoms with E-state index in [4.69, 9.17) is 21.4 Å². The number of thioether (sulfide) groups is 1. The van der Waals surface area contributed by atoms with Crippen molar-refractivity contribution in [2.75, 3.05) is 11.5 Å². The third kappa shape index (κ3) is 4.32. The van der Waals surface area contributed by atoms with Crippen LogP contribution in [0.15, 0.2) is 74.5 Å². The van der Waals surface area contributed by atoms with Crippen LogP contribution in [0.1, 0.15) is 12.7 Å². The fourth-order valence-corrected chi connectivity index (χ4v) is 4.42. The van der Waals surface area contributed by atoms with E-state index in [9.17, 15) is 4.79 Å². The largest absolute Gasteiger partial charge is 0.494 e. The molecule has 4 rings (SSSR count). The first kappa shape index (κ1) is 19.9. The molecular weight excluding hydrogens is 470 g/mol. The smallest absolute Gasteiger partial charge is 0.270 e. The van der Waals surface area contributed by atoms with Gasteiger partial charge in [0, 0.05) is 16.1 Å². The number of halogens is 1. The van der Waals surface area contributed by atoms with Crippen molar-refractivity contribution < 1.29 is 13.9 Å². The summed E-state index contributed by atoms with van der Waals surface area (Å²) in [5, 5.41) is 0. The van der Waals surface area contributed by atoms with Crippen molar-refractivity contribution in [1.29, 1.82) is 0 Å². The predicted octanol–water partition coefficient (Wildman–Crippen LogP) is 6.51. The summed E-state index contributed by atoms with van der Waals surface area (Å²) in [6, 6.07) is 18.9. The number of carbonyl (C=O) groups is 1. The van der Waals surface area contributed by atoms with Crippen LogP contribution in [-0.2, 0) is 4.79 Å². The number of thiocarbonyl (C=S) groups is 1. The number of furan rings is 1. The molecule has 146 valence electrons. The van der Waals surface area contributed by atoms with E-state index in [1.54, 1.807) is 6.08 Å². The second-order valence-electron chi connectivity index (χ2n) is 6.15. The van der Waals surface area contributed by atoms with E-state index in [2.05, 4.69) is 15.9 Å². The number of rotatable bonds is 5. The Morgan fingerprint density at radius 2 is 1.83 bits per heavy atom. The Balaban J connectivity index is 1.55. The predicted molar refractivity (Wildman–Crippen MR) is 125 cm³/mol. The Hall–Kier alpha value is -2.35. The first-order chi connectivity index (χ1) is 14.0. The molecule has 0 saturated carbocycles. The highest BCUT2D eigenvalue weighted by atomic mass is 79.9. The summed E-state index contributed by atoms with van der Waals surface area (Å²) < 4.78 is 12.9. The minimum absolute atomic E-state index is 0.161. The average Bonchev–Trinajstić information content (AvgIpc) is 3.28. The number of ether oxygens (including phenoxy) is 1. The maximum Gasteiger partial charge on any atom is 0.270 e. The molecule has 1 aliphatic rings. The van der Waals surface area contributed by atoms with Crippen molar-refractivity contribution in [3.8, 4) is 17.1 Å². The summed E-state index contributed by atoms with van der Waals surface area (Å²) in [5.41, 5.74) is 1.68. The number of benzene rings is 2. The zero-order valence-electron chi connectivity index (χ0n) is 15.4. The van der Waals surface area contributed by atoms with Gasteiger partial charge in [0.2, 0.25) is 0 Å². The molecule has 4 nitrogen and oxygen atoms in total. The molecule has 2 heterocycles. The van der Waals surface area contributed by atoms with Crippen LogP contribution in [0.25, 0.3) is 17.4 Å². The maximum absolute atomic E-state index is 12.9. The SMILES string of the molecule is CCOc1ccc(N2C(=O)C(=Cc3ccc(-c4ccc(Br)cc4)o3)SC2=S)cc1. The standard InChI is InChI=1S/C22H16BrNO3S2/c1-2-26-17-9-7-16(8-10-17)24-21(25)20(29-22(24)28)13-18-11-12-19(27-18)14-3-5-15(23)6-4-14/h3-13H,2H2,1H3. The Bertz CT molecular complexity index is 1090. The summed E-state index contributed by atoms with van der Waals surface area (Å²) in [7, 11) is 0. The summed E-state index contributed by atoms with van der Waals surface area (Å²) >= 11 is 10.1. The van der Waals surface area contributed by atoms with E-state index >= 15 is 0 Å². The molecule has 29 heavy (non-hydrogen) atoms. The summed E-state index contributed by atoms with van der Waals surface area (Å²) in [6.07, 6.45) is 1.73. The number of carbonyl (C=O) groups excluding carboxylic acids is 1. The first-order valence-corrected chi connectivity index (χ1v) is 10.9. The normalized spacial score (nSPS) is 15.4. The fourth-order valence-electron chi connectivity index (χ4n) is 2.88. The third-order valence-corrected chi connectivity index (χ3v) is 6.06. The molecular formula is C22H16BrNO3S2. The molecule has 7 heteroatoms. The highest BCUT2D eigenvalue weighted by Gasteiger charge is 2.33. The van der Waals surface area contributed by atoms with Crippen LogP contribution in [0.3, 0.4) is 0 Å². The van der Waals surface area contributed by atoms with E-state index < -0.39 is 0 Å². The highest BCUT2D eigenvalue weighted by molar-refractivity contribution is 9.10. The van der Waals surface area contributed by atoms with E-state index in [1.807, 2.05) is 67.6 Å². The van der Waals surface area contributed by atoms with Gasteiger partial charge in [0.05, 0.1) is 17.2 Å². The quantitative estimate of drug-likeness (QED) is 0.304. The molecule has 0 unspecified atom stereocenters. The molecule has 0 spiro atoms. The van der Waals surface area contributed by atoms with E-state index in [1.165, 1.54) is 16.7 Å². The first-order valence-electron chi connectivity index (χ1n) is 8.92. The van der Waals surface area contributed by atoms with Gasteiger partial charge in [0.25, 0.3) is 5.91 Å². The van der Waals surface area contributed by atoms with Gasteiger partial charge >= 0.3 is 0 Å². The number of nitrogens with zero attached hydrogens (tertiary/aromatic N) is 1. The van der Waals surface area contributed by atoms with Gasteiger partial charge in [0.15, 0.2) is 4.32 Å². The summed E-state index contributed by atoms with van der Waals surface area (Å²) in [6.45, 7) is 2.52. The van der Waals surface area contributed by atoms with Crippen molar-refractivity contribution in [3.05, 3.63) is 75.8 Å². The Labute approximate surface area is 186 Å². The lowest BCUT2D eigenvalue weighted by atomic mass is 10.2. The average molecular weight is 486 g/mol. The van der Waals surface area contributed by atoms with Gasteiger partial charge in [0.1, 0.15) is 17.3 Å². The van der Waals surface area contributed by atoms with Crippen molar-refractivity contribution in [2.45, 2.75) is 6.92 Å². The molecule has 0 radical (unpaired) electrons. The lowest BCUT2D eigenvalue weighted by Gasteiger charge is -2.15. The molecule has 1 fully saturated rings. The molecule has 1 aromatic heterocycles. The minimum Gasteiger partial charge on any atom is -0.494 e. The van der Waals surface area contributed by atoms with E-state index in [-0.39, 0.29) is 5.91 Å². The van der Waals surface area contributed by atoms with Crippen molar-refractivity contribution in [2.24, 2.45) is 0 Å². The van der Waals surface area contributed by atoms with Crippen LogP contribution in [0.5, 0.6) is 5.75 Å². The van der Waals surface area contributed by atoms with Gasteiger partial charge in [-0.05, 0) is 55.5 Å². The second kappa shape index (κ2) is 8.57. The van der Waals surface area contributed by atoms with Crippen molar-refractivity contribution in [3.63, 3.8) is 0 Å². The number of amides is 1. The van der Waals surface area contributed by atoms with Crippen LogP contribution >= 0.6 is 39.9 Å². The zero-order chi connectivity index (χ0) is 20.4. The van der Waals surface area contributed by atoms with Gasteiger partial charge in [-0.2, -0.15) is 0 Å². The van der Waals surface area contributed by atoms with Gasteiger partial charge in [-0.15, -0.1) is 0 Å². The van der Waals surface area contributed by atoms with E-state index in [0.29, 0.717) is 27.3 Å². The van der Waals surface area contributed by atoms with Crippen LogP contribution in [0, 0.1) is 0 Å². The van der Waals surface area contributed by atoms with Gasteiger partial charge in [-0.3, -0.25) is 9.69 Å². The lowest BCUT2D eigenvalue weighted by Crippen LogP contribution is -2.27. The molecule has 1 aliphatic heterocycles. The summed E-state index contributed by atoms with van der Waals surface area (Å²) in [5.74, 6) is 1.94. The highest BCUT2D eigenvalue weighted by Crippen LogP contribution is 2.37. The van der Waals surface area contributed by atoms with Gasteiger partial charge in [-0.25, -0.2) is 0 Å². The fraction of sp³-hybridized carbons (Fsp3) is 0.0909. The van der Waals surface area contributed by atoms with Crippen molar-refractivity contribution >= 4 is 61.9 Å². The monoisotopic (exact) mass is 485 g/mol. The number of hydrogen-bond acceptors (Lipinski definition) is 5. The minimum atomic E-state index is -0.161. The lowest BCUT2D eigenvalue weighted by molar-refractivity contribution is -0.113. The van der Waals surface area contributed by atoms with Gasteiger partial charge in [-0.1, -0.05) is 52.0 Å². The molecule has 0 bridgehead atoms. The molecule has 2 aromatic carbocycles. The number of hydrogen-bond donors (Lipinski definition) is 0. The molecule has 1 amide bonds. The maximum atomic E-state index is 12.9. The van der Waals surface area contributed by atoms with Crippen LogP contribution in [-0.4, -0.2) is 16.8 Å².